The van der Waals surface area contributed by atoms with Crippen LogP contribution in [0.15, 0.2) is 12.4 Å². The highest BCUT2D eigenvalue weighted by Crippen LogP contribution is 2.38. The normalized spacial score (nSPS) is 18.0. The van der Waals surface area contributed by atoms with Crippen molar-refractivity contribution in [3.8, 4) is 0 Å². The molecule has 0 aliphatic carbocycles. The molecule has 4 nitrogen and oxygen atoms in total. The fourth-order valence-corrected chi connectivity index (χ4v) is 3.16. The summed E-state index contributed by atoms with van der Waals surface area (Å²) in [5.41, 5.74) is 1.59. The van der Waals surface area contributed by atoms with Crippen LogP contribution >= 0.6 is 0 Å². The van der Waals surface area contributed by atoms with Gasteiger partial charge in [0.15, 0.2) is 0 Å². The number of anilines is 1. The molecule has 0 bridgehead atoms. The number of piperidine rings is 1. The molecular weight excluding hydrogens is 260 g/mol. The van der Waals surface area contributed by atoms with E-state index in [1.54, 1.807) is 0 Å². The predicted octanol–water partition coefficient (Wildman–Crippen LogP) is 3.38. The lowest BCUT2D eigenvalue weighted by Crippen LogP contribution is -2.40. The van der Waals surface area contributed by atoms with Crippen LogP contribution in [0, 0.1) is 5.41 Å². The van der Waals surface area contributed by atoms with E-state index in [2.05, 4.69) is 41.0 Å². The molecule has 0 aromatic carbocycles. The van der Waals surface area contributed by atoms with Gasteiger partial charge in [-0.2, -0.15) is 0 Å². The van der Waals surface area contributed by atoms with Crippen LogP contribution < -0.4 is 10.2 Å². The minimum Gasteiger partial charge on any atom is -0.355 e. The molecule has 2 rings (SSSR count). The van der Waals surface area contributed by atoms with Gasteiger partial charge in [0.2, 0.25) is 0 Å². The van der Waals surface area contributed by atoms with E-state index in [-0.39, 0.29) is 0 Å². The Morgan fingerprint density at radius 2 is 1.81 bits per heavy atom. The molecule has 1 aromatic rings. The minimum absolute atomic E-state index is 0.563. The number of hydrogen-bond donors (Lipinski definition) is 1. The highest BCUT2D eigenvalue weighted by Gasteiger charge is 2.31. The van der Waals surface area contributed by atoms with Gasteiger partial charge in [-0.25, -0.2) is 4.98 Å². The first-order valence-electron chi connectivity index (χ1n) is 8.49. The number of nitrogens with zero attached hydrogens (tertiary/aromatic N) is 3. The van der Waals surface area contributed by atoms with Crippen molar-refractivity contribution in [3.05, 3.63) is 18.1 Å². The molecular formula is C17H30N4. The number of aromatic nitrogens is 2. The molecule has 1 saturated heterocycles. The van der Waals surface area contributed by atoms with Gasteiger partial charge in [0.1, 0.15) is 5.82 Å². The van der Waals surface area contributed by atoms with Gasteiger partial charge >= 0.3 is 0 Å². The fraction of sp³-hybridized carbons (Fsp3) is 0.765. The second kappa shape index (κ2) is 7.74. The summed E-state index contributed by atoms with van der Waals surface area (Å²) in [6.45, 7) is 10.9. The van der Waals surface area contributed by atoms with E-state index in [4.69, 9.17) is 0 Å². The average molecular weight is 290 g/mol. The molecule has 1 aliphatic rings. The summed E-state index contributed by atoms with van der Waals surface area (Å²) in [6.07, 6.45) is 10.2. The second-order valence-corrected chi connectivity index (χ2v) is 6.24. The van der Waals surface area contributed by atoms with Gasteiger partial charge in [0.05, 0.1) is 18.1 Å². The van der Waals surface area contributed by atoms with Crippen molar-refractivity contribution >= 4 is 5.82 Å². The largest absolute Gasteiger partial charge is 0.355 e. The summed E-state index contributed by atoms with van der Waals surface area (Å²) in [5.74, 6) is 1.04. The van der Waals surface area contributed by atoms with Gasteiger partial charge in [-0.3, -0.25) is 4.98 Å². The molecule has 0 amide bonds. The maximum Gasteiger partial charge on any atom is 0.147 e. The number of hydrogen-bond acceptors (Lipinski definition) is 4. The Balaban J connectivity index is 1.89. The Morgan fingerprint density at radius 1 is 1.10 bits per heavy atom. The standard InChI is InChI=1S/C17H30N4/c1-4-9-18-12-15-13-20-16(14-19-15)21-10-7-17(5-2,6-3)8-11-21/h13-14,18H,4-12H2,1-3H3. The van der Waals surface area contributed by atoms with Crippen LogP contribution in [0.4, 0.5) is 5.82 Å². The first-order valence-corrected chi connectivity index (χ1v) is 8.49. The van der Waals surface area contributed by atoms with E-state index < -0.39 is 0 Å². The molecule has 21 heavy (non-hydrogen) atoms. The quantitative estimate of drug-likeness (QED) is 0.782. The summed E-state index contributed by atoms with van der Waals surface area (Å²) in [6, 6.07) is 0. The van der Waals surface area contributed by atoms with Crippen LogP contribution in [-0.2, 0) is 6.54 Å². The fourth-order valence-electron chi connectivity index (χ4n) is 3.16. The van der Waals surface area contributed by atoms with Crippen molar-refractivity contribution in [2.45, 2.75) is 59.4 Å². The first kappa shape index (κ1) is 16.2. The summed E-state index contributed by atoms with van der Waals surface area (Å²) < 4.78 is 0. The topological polar surface area (TPSA) is 41.1 Å². The lowest BCUT2D eigenvalue weighted by molar-refractivity contribution is 0.199. The minimum atomic E-state index is 0.563. The van der Waals surface area contributed by atoms with E-state index in [0.29, 0.717) is 5.41 Å². The molecule has 0 spiro atoms. The zero-order valence-electron chi connectivity index (χ0n) is 13.9. The molecule has 0 saturated carbocycles. The molecule has 0 radical (unpaired) electrons. The second-order valence-electron chi connectivity index (χ2n) is 6.24. The Kier molecular flexibility index (Phi) is 5.97. The van der Waals surface area contributed by atoms with E-state index in [1.807, 2.05) is 12.4 Å². The summed E-state index contributed by atoms with van der Waals surface area (Å²) >= 11 is 0. The van der Waals surface area contributed by atoms with Crippen molar-refractivity contribution in [3.63, 3.8) is 0 Å². The van der Waals surface area contributed by atoms with Crippen molar-refractivity contribution in [1.29, 1.82) is 0 Å². The first-order chi connectivity index (χ1) is 10.2. The van der Waals surface area contributed by atoms with Crippen LogP contribution in [0.1, 0.15) is 58.6 Å². The SMILES string of the molecule is CCCNCc1cnc(N2CCC(CC)(CC)CC2)cn1. The van der Waals surface area contributed by atoms with Gasteiger partial charge in [-0.15, -0.1) is 0 Å². The van der Waals surface area contributed by atoms with Crippen LogP contribution in [0.5, 0.6) is 0 Å². The maximum absolute atomic E-state index is 4.60. The average Bonchev–Trinajstić information content (AvgIpc) is 2.56. The van der Waals surface area contributed by atoms with E-state index >= 15 is 0 Å². The van der Waals surface area contributed by atoms with Crippen LogP contribution in [-0.4, -0.2) is 29.6 Å². The molecule has 0 unspecified atom stereocenters. The van der Waals surface area contributed by atoms with Crippen LogP contribution in [0.25, 0.3) is 0 Å². The van der Waals surface area contributed by atoms with Gasteiger partial charge in [-0.1, -0.05) is 33.6 Å². The third-order valence-corrected chi connectivity index (χ3v) is 5.07. The van der Waals surface area contributed by atoms with Gasteiger partial charge in [-0.05, 0) is 31.2 Å². The van der Waals surface area contributed by atoms with Gasteiger partial charge in [0, 0.05) is 19.6 Å². The van der Waals surface area contributed by atoms with E-state index in [0.717, 1.165) is 44.1 Å². The Bertz CT molecular complexity index is 401. The molecule has 1 aliphatic heterocycles. The third-order valence-electron chi connectivity index (χ3n) is 5.07. The van der Waals surface area contributed by atoms with Gasteiger partial charge < -0.3 is 10.2 Å². The summed E-state index contributed by atoms with van der Waals surface area (Å²) in [4.78, 5) is 11.5. The monoisotopic (exact) mass is 290 g/mol. The Morgan fingerprint density at radius 3 is 2.33 bits per heavy atom. The van der Waals surface area contributed by atoms with Crippen molar-refractivity contribution < 1.29 is 0 Å². The smallest absolute Gasteiger partial charge is 0.147 e. The summed E-state index contributed by atoms with van der Waals surface area (Å²) in [5, 5.41) is 3.36. The van der Waals surface area contributed by atoms with Crippen LogP contribution in [0.3, 0.4) is 0 Å². The zero-order valence-corrected chi connectivity index (χ0v) is 13.9. The molecule has 1 N–H and O–H groups in total. The number of nitrogens with one attached hydrogen (secondary N) is 1. The van der Waals surface area contributed by atoms with Crippen molar-refractivity contribution in [1.82, 2.24) is 15.3 Å². The lowest BCUT2D eigenvalue weighted by Gasteiger charge is -2.41. The highest BCUT2D eigenvalue weighted by atomic mass is 15.2. The Labute approximate surface area is 129 Å². The molecule has 1 aromatic heterocycles. The van der Waals surface area contributed by atoms with Crippen molar-refractivity contribution in [2.24, 2.45) is 5.41 Å². The van der Waals surface area contributed by atoms with E-state index in [1.165, 1.54) is 25.7 Å². The Hall–Kier alpha value is -1.16. The molecule has 118 valence electrons. The highest BCUT2D eigenvalue weighted by molar-refractivity contribution is 5.36. The lowest BCUT2D eigenvalue weighted by atomic mass is 9.74. The molecule has 1 fully saturated rings. The van der Waals surface area contributed by atoms with Crippen molar-refractivity contribution in [2.75, 3.05) is 24.5 Å². The zero-order chi connectivity index (χ0) is 15.1. The maximum atomic E-state index is 4.60. The van der Waals surface area contributed by atoms with Crippen LogP contribution in [0.2, 0.25) is 0 Å². The predicted molar refractivity (Wildman–Crippen MR) is 88.5 cm³/mol. The molecule has 4 heteroatoms. The summed E-state index contributed by atoms with van der Waals surface area (Å²) in [7, 11) is 0. The molecule has 2 heterocycles. The van der Waals surface area contributed by atoms with E-state index in [9.17, 15) is 0 Å². The third kappa shape index (κ3) is 4.16. The molecule has 0 atom stereocenters. The van der Waals surface area contributed by atoms with Gasteiger partial charge in [0.25, 0.3) is 0 Å². The number of rotatable bonds is 7.